The summed E-state index contributed by atoms with van der Waals surface area (Å²) in [5, 5.41) is 2.05. The van der Waals surface area contributed by atoms with Gasteiger partial charge in [0.15, 0.2) is 5.06 Å². The maximum absolute atomic E-state index is 5.76. The lowest BCUT2D eigenvalue weighted by Crippen LogP contribution is -1.86. The zero-order chi connectivity index (χ0) is 10.1. The third-order valence-electron chi connectivity index (χ3n) is 1.93. The van der Waals surface area contributed by atoms with Crippen molar-refractivity contribution in [2.45, 2.75) is 11.8 Å². The van der Waals surface area contributed by atoms with Crippen LogP contribution in [0.15, 0.2) is 23.1 Å². The average Bonchev–Trinajstić information content (AvgIpc) is 2.48. The van der Waals surface area contributed by atoms with E-state index < -0.39 is 0 Å². The number of nitrogens with two attached hydrogens (primary N) is 1. The van der Waals surface area contributed by atoms with Gasteiger partial charge in [0.25, 0.3) is 0 Å². The second kappa shape index (κ2) is 3.71. The molecule has 0 unspecified atom stereocenters. The molecule has 0 aliphatic carbocycles. The van der Waals surface area contributed by atoms with Crippen molar-refractivity contribution in [3.63, 3.8) is 0 Å². The second-order valence-electron chi connectivity index (χ2n) is 2.95. The Morgan fingerprint density at radius 1 is 1.43 bits per heavy atom. The highest BCUT2D eigenvalue weighted by Crippen LogP contribution is 2.35. The molecule has 1 heterocycles. The van der Waals surface area contributed by atoms with E-state index in [1.807, 2.05) is 25.1 Å². The van der Waals surface area contributed by atoms with Crippen molar-refractivity contribution in [1.82, 2.24) is 0 Å². The van der Waals surface area contributed by atoms with Crippen LogP contribution in [0.1, 0.15) is 6.92 Å². The Morgan fingerprint density at radius 3 is 2.93 bits per heavy atom. The van der Waals surface area contributed by atoms with Crippen LogP contribution >= 0.6 is 24.0 Å². The first-order valence-electron chi connectivity index (χ1n) is 4.35. The highest BCUT2D eigenvalue weighted by Gasteiger charge is 2.04. The summed E-state index contributed by atoms with van der Waals surface area (Å²) < 4.78 is 6.58. The third-order valence-corrected chi connectivity index (χ3v) is 3.33. The zero-order valence-corrected chi connectivity index (χ0v) is 9.49. The molecule has 0 saturated carbocycles. The first-order chi connectivity index (χ1) is 6.70. The van der Waals surface area contributed by atoms with E-state index in [2.05, 4.69) is 12.6 Å². The van der Waals surface area contributed by atoms with Crippen molar-refractivity contribution in [1.29, 1.82) is 0 Å². The lowest BCUT2D eigenvalue weighted by Gasteiger charge is -1.96. The molecule has 0 amide bonds. The van der Waals surface area contributed by atoms with Crippen LogP contribution in [0.25, 0.3) is 10.1 Å². The monoisotopic (exact) mass is 225 g/mol. The van der Waals surface area contributed by atoms with E-state index >= 15 is 0 Å². The molecule has 1 aromatic heterocycles. The number of anilines is 1. The predicted octanol–water partition coefficient (Wildman–Crippen LogP) is 3.17. The summed E-state index contributed by atoms with van der Waals surface area (Å²) >= 11 is 5.89. The number of nitrogen functional groups attached to an aromatic ring is 1. The van der Waals surface area contributed by atoms with Crippen LogP contribution in [0.3, 0.4) is 0 Å². The van der Waals surface area contributed by atoms with E-state index in [0.29, 0.717) is 12.3 Å². The fraction of sp³-hybridized carbons (Fsp3) is 0.200. The maximum atomic E-state index is 5.76. The standard InChI is InChI=1S/C10H11NOS2/c1-2-12-10-4-6-3-7(11)8(13)5-9(6)14-10/h3-5,13H,2,11H2,1H3. The molecule has 4 heteroatoms. The van der Waals surface area contributed by atoms with Crippen molar-refractivity contribution in [3.05, 3.63) is 18.2 Å². The van der Waals surface area contributed by atoms with Crippen LogP contribution in [-0.4, -0.2) is 6.61 Å². The summed E-state index contributed by atoms with van der Waals surface area (Å²) in [5.74, 6) is 0. The van der Waals surface area contributed by atoms with Crippen LogP contribution in [0.2, 0.25) is 0 Å². The van der Waals surface area contributed by atoms with Gasteiger partial charge in [0.05, 0.1) is 6.61 Å². The zero-order valence-electron chi connectivity index (χ0n) is 7.78. The largest absolute Gasteiger partial charge is 0.484 e. The maximum Gasteiger partial charge on any atom is 0.174 e. The van der Waals surface area contributed by atoms with Gasteiger partial charge in [-0.2, -0.15) is 0 Å². The predicted molar refractivity (Wildman–Crippen MR) is 64.7 cm³/mol. The lowest BCUT2D eigenvalue weighted by atomic mass is 10.2. The number of hydrogen-bond donors (Lipinski definition) is 2. The topological polar surface area (TPSA) is 35.2 Å². The molecule has 0 aliphatic rings. The molecule has 2 N–H and O–H groups in total. The number of ether oxygens (including phenoxy) is 1. The molecule has 0 fully saturated rings. The van der Waals surface area contributed by atoms with Crippen LogP contribution in [-0.2, 0) is 0 Å². The normalized spacial score (nSPS) is 10.7. The summed E-state index contributed by atoms with van der Waals surface area (Å²) in [7, 11) is 0. The summed E-state index contributed by atoms with van der Waals surface area (Å²) in [6.45, 7) is 2.67. The third kappa shape index (κ3) is 1.67. The molecule has 0 aliphatic heterocycles. The Labute approximate surface area is 92.1 Å². The van der Waals surface area contributed by atoms with Gasteiger partial charge in [0.1, 0.15) is 0 Å². The quantitative estimate of drug-likeness (QED) is 0.608. The first-order valence-corrected chi connectivity index (χ1v) is 5.62. The Bertz CT molecular complexity index is 425. The van der Waals surface area contributed by atoms with Gasteiger partial charge < -0.3 is 10.5 Å². The molecule has 2 nitrogen and oxygen atoms in total. The minimum absolute atomic E-state index is 0.691. The van der Waals surface area contributed by atoms with E-state index in [1.54, 1.807) is 11.3 Å². The Hall–Kier alpha value is -0.870. The summed E-state index contributed by atoms with van der Waals surface area (Å²) in [4.78, 5) is 0.822. The molecule has 2 aromatic rings. The van der Waals surface area contributed by atoms with Gasteiger partial charge in [-0.25, -0.2) is 0 Å². The number of benzene rings is 1. The highest BCUT2D eigenvalue weighted by atomic mass is 32.1. The lowest BCUT2D eigenvalue weighted by molar-refractivity contribution is 0.350. The van der Waals surface area contributed by atoms with E-state index in [0.717, 1.165) is 20.0 Å². The van der Waals surface area contributed by atoms with Gasteiger partial charge in [-0.15, -0.1) is 12.6 Å². The van der Waals surface area contributed by atoms with E-state index in [-0.39, 0.29) is 0 Å². The number of hydrogen-bond acceptors (Lipinski definition) is 4. The van der Waals surface area contributed by atoms with Crippen LogP contribution < -0.4 is 10.5 Å². The van der Waals surface area contributed by atoms with Gasteiger partial charge in [-0.3, -0.25) is 0 Å². The van der Waals surface area contributed by atoms with Crippen molar-refractivity contribution in [2.75, 3.05) is 12.3 Å². The van der Waals surface area contributed by atoms with Crippen LogP contribution in [0.5, 0.6) is 5.06 Å². The van der Waals surface area contributed by atoms with Crippen molar-refractivity contribution in [2.24, 2.45) is 0 Å². The van der Waals surface area contributed by atoms with Gasteiger partial charge in [-0.05, 0) is 30.5 Å². The number of fused-ring (bicyclic) bond motifs is 1. The molecule has 14 heavy (non-hydrogen) atoms. The summed E-state index contributed by atoms with van der Waals surface area (Å²) in [5.41, 5.74) is 6.47. The van der Waals surface area contributed by atoms with Crippen molar-refractivity contribution < 1.29 is 4.74 Å². The molecule has 0 bridgehead atoms. The summed E-state index contributed by atoms with van der Waals surface area (Å²) in [6, 6.07) is 5.91. The molecule has 0 radical (unpaired) electrons. The summed E-state index contributed by atoms with van der Waals surface area (Å²) in [6.07, 6.45) is 0. The Kier molecular flexibility index (Phi) is 2.56. The highest BCUT2D eigenvalue weighted by molar-refractivity contribution is 7.80. The van der Waals surface area contributed by atoms with Gasteiger partial charge in [-0.1, -0.05) is 11.3 Å². The van der Waals surface area contributed by atoms with Crippen LogP contribution in [0.4, 0.5) is 5.69 Å². The van der Waals surface area contributed by atoms with Gasteiger partial charge in [0.2, 0.25) is 0 Å². The van der Waals surface area contributed by atoms with Crippen molar-refractivity contribution >= 4 is 39.7 Å². The first kappa shape index (κ1) is 9.68. The molecule has 1 aromatic carbocycles. The molecule has 2 rings (SSSR count). The molecule has 74 valence electrons. The van der Waals surface area contributed by atoms with Gasteiger partial charge in [0, 0.05) is 15.3 Å². The Morgan fingerprint density at radius 2 is 2.21 bits per heavy atom. The van der Waals surface area contributed by atoms with Gasteiger partial charge >= 0.3 is 0 Å². The molecular weight excluding hydrogens is 214 g/mol. The average molecular weight is 225 g/mol. The Balaban J connectivity index is 2.54. The van der Waals surface area contributed by atoms with E-state index in [4.69, 9.17) is 10.5 Å². The van der Waals surface area contributed by atoms with Crippen LogP contribution in [0, 0.1) is 0 Å². The minimum atomic E-state index is 0.691. The molecule has 0 atom stereocenters. The number of rotatable bonds is 2. The smallest absolute Gasteiger partial charge is 0.174 e. The fourth-order valence-electron chi connectivity index (χ4n) is 1.28. The van der Waals surface area contributed by atoms with E-state index in [9.17, 15) is 0 Å². The van der Waals surface area contributed by atoms with Crippen molar-refractivity contribution in [3.8, 4) is 5.06 Å². The van der Waals surface area contributed by atoms with E-state index in [1.165, 1.54) is 0 Å². The molecular formula is C10H11NOS2. The SMILES string of the molecule is CCOc1cc2cc(N)c(S)cc2s1. The number of thiophene rings is 1. The minimum Gasteiger partial charge on any atom is -0.484 e. The second-order valence-corrected chi connectivity index (χ2v) is 4.48. The fourth-order valence-corrected chi connectivity index (χ4v) is 2.56. The number of thiol groups is 1. The molecule has 0 spiro atoms. The molecule has 0 saturated heterocycles.